The van der Waals surface area contributed by atoms with Gasteiger partial charge in [0.15, 0.2) is 0 Å². The molecular weight excluding hydrogens is 259 g/mol. The second-order valence-electron chi connectivity index (χ2n) is 3.65. The second kappa shape index (κ2) is 5.42. The van der Waals surface area contributed by atoms with E-state index in [0.717, 1.165) is 12.0 Å². The van der Waals surface area contributed by atoms with Crippen LogP contribution < -0.4 is 0 Å². The summed E-state index contributed by atoms with van der Waals surface area (Å²) in [6.45, 7) is 5.67. The van der Waals surface area contributed by atoms with E-state index in [1.807, 2.05) is 6.92 Å². The van der Waals surface area contributed by atoms with E-state index in [-0.39, 0.29) is 5.82 Å². The average Bonchev–Trinajstić information content (AvgIpc) is 2.18. The third kappa shape index (κ3) is 3.43. The summed E-state index contributed by atoms with van der Waals surface area (Å²) < 4.78 is 13.5. The van der Waals surface area contributed by atoms with Crippen molar-refractivity contribution < 1.29 is 9.50 Å². The molecule has 0 heterocycles. The highest BCUT2D eigenvalue weighted by atomic mass is 79.9. The fourth-order valence-corrected chi connectivity index (χ4v) is 1.85. The molecule has 1 aromatic carbocycles. The molecule has 1 atom stereocenters. The molecule has 0 radical (unpaired) electrons. The number of benzene rings is 1. The Morgan fingerprint density at radius 3 is 2.87 bits per heavy atom. The molecule has 0 saturated carbocycles. The molecule has 0 aliphatic rings. The Labute approximate surface area is 97.8 Å². The van der Waals surface area contributed by atoms with E-state index >= 15 is 0 Å². The number of rotatable bonds is 4. The van der Waals surface area contributed by atoms with Crippen LogP contribution in [0.25, 0.3) is 0 Å². The molecule has 0 aliphatic carbocycles. The van der Waals surface area contributed by atoms with Gasteiger partial charge in [0.1, 0.15) is 5.82 Å². The van der Waals surface area contributed by atoms with Gasteiger partial charge < -0.3 is 5.11 Å². The first-order valence-electron chi connectivity index (χ1n) is 4.78. The first kappa shape index (κ1) is 12.4. The van der Waals surface area contributed by atoms with Gasteiger partial charge in [-0.1, -0.05) is 17.7 Å². The zero-order valence-electron chi connectivity index (χ0n) is 8.63. The normalized spacial score (nSPS) is 12.5. The van der Waals surface area contributed by atoms with Gasteiger partial charge in [-0.15, -0.1) is 6.58 Å². The van der Waals surface area contributed by atoms with Gasteiger partial charge in [0.25, 0.3) is 0 Å². The summed E-state index contributed by atoms with van der Waals surface area (Å²) in [5.74, 6) is -0.345. The van der Waals surface area contributed by atoms with Crippen LogP contribution in [0.1, 0.15) is 31.4 Å². The molecule has 1 nitrogen and oxygen atoms in total. The number of hydrogen-bond acceptors (Lipinski definition) is 1. The van der Waals surface area contributed by atoms with Crippen molar-refractivity contribution in [1.82, 2.24) is 0 Å². The molecule has 0 fully saturated rings. The first-order valence-corrected chi connectivity index (χ1v) is 5.58. The van der Waals surface area contributed by atoms with Crippen molar-refractivity contribution in [1.29, 1.82) is 0 Å². The zero-order chi connectivity index (χ0) is 11.4. The van der Waals surface area contributed by atoms with Crippen LogP contribution in [0.4, 0.5) is 4.39 Å². The Hall–Kier alpha value is -0.670. The molecule has 0 aromatic heterocycles. The number of allylic oxidation sites excluding steroid dienone is 1. The summed E-state index contributed by atoms with van der Waals surface area (Å²) in [5.41, 5.74) is 1.61. The number of aliphatic hydroxyl groups is 1. The lowest BCUT2D eigenvalue weighted by Crippen LogP contribution is -2.00. The van der Waals surface area contributed by atoms with E-state index in [2.05, 4.69) is 22.5 Å². The van der Waals surface area contributed by atoms with E-state index in [9.17, 15) is 9.50 Å². The third-order valence-electron chi connectivity index (χ3n) is 2.19. The third-order valence-corrected chi connectivity index (χ3v) is 3.02. The lowest BCUT2D eigenvalue weighted by atomic mass is 10.0. The van der Waals surface area contributed by atoms with Crippen LogP contribution in [0, 0.1) is 5.82 Å². The fourth-order valence-electron chi connectivity index (χ4n) is 1.32. The van der Waals surface area contributed by atoms with E-state index in [1.165, 1.54) is 6.07 Å². The van der Waals surface area contributed by atoms with Gasteiger partial charge in [-0.2, -0.15) is 0 Å². The number of aliphatic hydroxyl groups excluding tert-OH is 1. The van der Waals surface area contributed by atoms with Gasteiger partial charge in [0.2, 0.25) is 0 Å². The van der Waals surface area contributed by atoms with Crippen molar-refractivity contribution >= 4 is 15.9 Å². The SMILES string of the molecule is C=C(C)CCC(O)c1cccc(F)c1Br. The maximum absolute atomic E-state index is 13.2. The monoisotopic (exact) mass is 272 g/mol. The van der Waals surface area contributed by atoms with E-state index < -0.39 is 6.10 Å². The molecular formula is C12H14BrFO. The maximum atomic E-state index is 13.2. The molecule has 1 aromatic rings. The molecule has 1 rings (SSSR count). The first-order chi connectivity index (χ1) is 7.02. The van der Waals surface area contributed by atoms with E-state index in [0.29, 0.717) is 16.5 Å². The minimum absolute atomic E-state index is 0.345. The summed E-state index contributed by atoms with van der Waals surface area (Å²) in [6, 6.07) is 4.68. The van der Waals surface area contributed by atoms with E-state index in [1.54, 1.807) is 12.1 Å². The Morgan fingerprint density at radius 2 is 2.27 bits per heavy atom. The molecule has 0 spiro atoms. The minimum atomic E-state index is -0.647. The van der Waals surface area contributed by atoms with Crippen molar-refractivity contribution in [3.05, 3.63) is 46.2 Å². The molecule has 3 heteroatoms. The molecule has 0 saturated heterocycles. The topological polar surface area (TPSA) is 20.2 Å². The van der Waals surface area contributed by atoms with Crippen molar-refractivity contribution in [3.8, 4) is 0 Å². The molecule has 82 valence electrons. The molecule has 1 N–H and O–H groups in total. The predicted octanol–water partition coefficient (Wildman–Crippen LogP) is 3.98. The van der Waals surface area contributed by atoms with Crippen LogP contribution in [-0.2, 0) is 0 Å². The smallest absolute Gasteiger partial charge is 0.137 e. The van der Waals surface area contributed by atoms with Crippen LogP contribution in [0.2, 0.25) is 0 Å². The highest BCUT2D eigenvalue weighted by Crippen LogP contribution is 2.29. The van der Waals surface area contributed by atoms with E-state index in [4.69, 9.17) is 0 Å². The van der Waals surface area contributed by atoms with Crippen LogP contribution in [0.3, 0.4) is 0 Å². The van der Waals surface area contributed by atoms with Gasteiger partial charge in [0.05, 0.1) is 10.6 Å². The van der Waals surface area contributed by atoms with Crippen LogP contribution in [0.5, 0.6) is 0 Å². The second-order valence-corrected chi connectivity index (χ2v) is 4.45. The average molecular weight is 273 g/mol. The lowest BCUT2D eigenvalue weighted by molar-refractivity contribution is 0.166. The summed E-state index contributed by atoms with van der Waals surface area (Å²) in [5, 5.41) is 9.84. The quantitative estimate of drug-likeness (QED) is 0.823. The summed E-state index contributed by atoms with van der Waals surface area (Å²) >= 11 is 3.13. The Morgan fingerprint density at radius 1 is 1.60 bits per heavy atom. The minimum Gasteiger partial charge on any atom is -0.388 e. The van der Waals surface area contributed by atoms with Gasteiger partial charge in [-0.25, -0.2) is 4.39 Å². The summed E-state index contributed by atoms with van der Waals surface area (Å²) in [6.07, 6.45) is 0.661. The molecule has 15 heavy (non-hydrogen) atoms. The summed E-state index contributed by atoms with van der Waals surface area (Å²) in [4.78, 5) is 0. The van der Waals surface area contributed by atoms with Crippen molar-refractivity contribution in [2.24, 2.45) is 0 Å². The van der Waals surface area contributed by atoms with Crippen LogP contribution >= 0.6 is 15.9 Å². The molecule has 0 amide bonds. The van der Waals surface area contributed by atoms with Crippen molar-refractivity contribution in [2.45, 2.75) is 25.9 Å². The predicted molar refractivity (Wildman–Crippen MR) is 63.1 cm³/mol. The largest absolute Gasteiger partial charge is 0.388 e. The summed E-state index contributed by atoms with van der Waals surface area (Å²) in [7, 11) is 0. The number of hydrogen-bond donors (Lipinski definition) is 1. The number of halogens is 2. The Balaban J connectivity index is 2.77. The fraction of sp³-hybridized carbons (Fsp3) is 0.333. The Kier molecular flexibility index (Phi) is 4.48. The van der Waals surface area contributed by atoms with Crippen molar-refractivity contribution in [2.75, 3.05) is 0 Å². The molecule has 0 bridgehead atoms. The van der Waals surface area contributed by atoms with Gasteiger partial charge >= 0.3 is 0 Å². The van der Waals surface area contributed by atoms with Crippen molar-refractivity contribution in [3.63, 3.8) is 0 Å². The van der Waals surface area contributed by atoms with Gasteiger partial charge in [-0.05, 0) is 47.3 Å². The maximum Gasteiger partial charge on any atom is 0.137 e. The van der Waals surface area contributed by atoms with Gasteiger partial charge in [0, 0.05) is 0 Å². The molecule has 0 aliphatic heterocycles. The van der Waals surface area contributed by atoms with Crippen LogP contribution in [-0.4, -0.2) is 5.11 Å². The zero-order valence-corrected chi connectivity index (χ0v) is 10.2. The molecule has 1 unspecified atom stereocenters. The lowest BCUT2D eigenvalue weighted by Gasteiger charge is -2.12. The highest BCUT2D eigenvalue weighted by Gasteiger charge is 2.13. The highest BCUT2D eigenvalue weighted by molar-refractivity contribution is 9.10. The standard InChI is InChI=1S/C12H14BrFO/c1-8(2)6-7-11(15)9-4-3-5-10(14)12(9)13/h3-5,11,15H,1,6-7H2,2H3. The van der Waals surface area contributed by atoms with Crippen LogP contribution in [0.15, 0.2) is 34.8 Å². The Bertz CT molecular complexity index is 363. The van der Waals surface area contributed by atoms with Gasteiger partial charge in [-0.3, -0.25) is 0 Å².